The van der Waals surface area contributed by atoms with Crippen molar-refractivity contribution in [3.05, 3.63) is 43.8 Å². The molecule has 0 aliphatic heterocycles. The molecule has 90 valence electrons. The Bertz CT molecular complexity index is 518. The zero-order valence-corrected chi connectivity index (χ0v) is 11.9. The van der Waals surface area contributed by atoms with Crippen LogP contribution in [-0.4, -0.2) is 4.98 Å². The Morgan fingerprint density at radius 2 is 2.06 bits per heavy atom. The van der Waals surface area contributed by atoms with Gasteiger partial charge in [-0.25, -0.2) is 4.98 Å². The third-order valence-electron chi connectivity index (χ3n) is 2.45. The highest BCUT2D eigenvalue weighted by atomic mass is 35.5. The van der Waals surface area contributed by atoms with Gasteiger partial charge in [0.05, 0.1) is 28.0 Å². The summed E-state index contributed by atoms with van der Waals surface area (Å²) >= 11 is 13.7. The molecule has 0 spiro atoms. The van der Waals surface area contributed by atoms with Gasteiger partial charge in [0, 0.05) is 4.88 Å². The van der Waals surface area contributed by atoms with Gasteiger partial charge in [0.2, 0.25) is 0 Å². The van der Waals surface area contributed by atoms with Crippen LogP contribution in [0.15, 0.2) is 18.2 Å². The summed E-state index contributed by atoms with van der Waals surface area (Å²) in [5, 5.41) is 5.41. The Morgan fingerprint density at radius 1 is 1.29 bits per heavy atom. The maximum atomic E-state index is 6.08. The molecule has 0 saturated carbocycles. The summed E-state index contributed by atoms with van der Waals surface area (Å²) in [5.41, 5.74) is 1.92. The number of thiazole rings is 1. The lowest BCUT2D eigenvalue weighted by Gasteiger charge is -2.07. The van der Waals surface area contributed by atoms with Crippen molar-refractivity contribution in [3.63, 3.8) is 0 Å². The van der Waals surface area contributed by atoms with Crippen molar-refractivity contribution in [3.8, 4) is 0 Å². The van der Waals surface area contributed by atoms with Gasteiger partial charge >= 0.3 is 0 Å². The number of rotatable bonds is 3. The van der Waals surface area contributed by atoms with E-state index in [1.807, 2.05) is 19.1 Å². The first-order chi connectivity index (χ1) is 8.08. The monoisotopic (exact) mass is 286 g/mol. The molecule has 2 rings (SSSR count). The Hall–Kier alpha value is -0.770. The molecule has 0 fully saturated rings. The number of hydrogen-bond donors (Lipinski definition) is 1. The molecule has 0 bridgehead atoms. The van der Waals surface area contributed by atoms with Crippen molar-refractivity contribution >= 4 is 40.2 Å². The fourth-order valence-corrected chi connectivity index (χ4v) is 2.67. The second-order valence-corrected chi connectivity index (χ2v) is 5.78. The summed E-state index contributed by atoms with van der Waals surface area (Å²) in [6.45, 7) is 4.75. The molecule has 0 radical (unpaired) electrons. The smallest absolute Gasteiger partial charge is 0.112 e. The van der Waals surface area contributed by atoms with Crippen LogP contribution in [0, 0.1) is 13.8 Å². The molecule has 0 atom stereocenters. The molecule has 0 unspecified atom stereocenters. The van der Waals surface area contributed by atoms with E-state index in [1.165, 1.54) is 4.88 Å². The van der Waals surface area contributed by atoms with Crippen molar-refractivity contribution in [2.45, 2.75) is 20.4 Å². The summed E-state index contributed by atoms with van der Waals surface area (Å²) in [4.78, 5) is 5.71. The molecule has 17 heavy (non-hydrogen) atoms. The minimum atomic E-state index is 0.555. The van der Waals surface area contributed by atoms with Gasteiger partial charge in [0.25, 0.3) is 0 Å². The third-order valence-corrected chi connectivity index (χ3v) is 4.35. The Kier molecular flexibility index (Phi) is 3.92. The highest BCUT2D eigenvalue weighted by Crippen LogP contribution is 2.30. The van der Waals surface area contributed by atoms with Crippen LogP contribution in [0.1, 0.15) is 15.6 Å². The minimum Gasteiger partial charge on any atom is -0.377 e. The molecule has 0 aliphatic carbocycles. The minimum absolute atomic E-state index is 0.555. The fourth-order valence-electron chi connectivity index (χ4n) is 1.43. The van der Waals surface area contributed by atoms with E-state index in [-0.39, 0.29) is 0 Å². The zero-order chi connectivity index (χ0) is 12.4. The molecule has 5 heteroatoms. The average molecular weight is 287 g/mol. The summed E-state index contributed by atoms with van der Waals surface area (Å²) in [7, 11) is 0. The summed E-state index contributed by atoms with van der Waals surface area (Å²) in [6, 6.07) is 5.54. The van der Waals surface area contributed by atoms with Gasteiger partial charge in [0.1, 0.15) is 5.01 Å². The van der Waals surface area contributed by atoms with Crippen LogP contribution in [0.5, 0.6) is 0 Å². The van der Waals surface area contributed by atoms with Gasteiger partial charge in [0.15, 0.2) is 0 Å². The second-order valence-electron chi connectivity index (χ2n) is 3.70. The average Bonchev–Trinajstić information content (AvgIpc) is 2.61. The molecule has 1 aromatic carbocycles. The van der Waals surface area contributed by atoms with Gasteiger partial charge in [-0.3, -0.25) is 0 Å². The Morgan fingerprint density at radius 3 is 2.71 bits per heavy atom. The molecule has 2 nitrogen and oxygen atoms in total. The van der Waals surface area contributed by atoms with Crippen LogP contribution in [0.2, 0.25) is 10.0 Å². The second kappa shape index (κ2) is 5.25. The van der Waals surface area contributed by atoms with Crippen LogP contribution in [0.3, 0.4) is 0 Å². The van der Waals surface area contributed by atoms with Gasteiger partial charge in [-0.05, 0) is 26.0 Å². The van der Waals surface area contributed by atoms with Crippen LogP contribution in [0.25, 0.3) is 0 Å². The summed E-state index contributed by atoms with van der Waals surface area (Å²) < 4.78 is 0. The lowest BCUT2D eigenvalue weighted by molar-refractivity contribution is 1.07. The topological polar surface area (TPSA) is 24.9 Å². The van der Waals surface area contributed by atoms with E-state index in [9.17, 15) is 0 Å². The zero-order valence-electron chi connectivity index (χ0n) is 9.55. The number of benzene rings is 1. The Balaban J connectivity index is 2.10. The van der Waals surface area contributed by atoms with Crippen molar-refractivity contribution in [1.29, 1.82) is 0 Å². The van der Waals surface area contributed by atoms with Crippen LogP contribution in [-0.2, 0) is 6.54 Å². The lowest BCUT2D eigenvalue weighted by atomic mass is 10.3. The number of hydrogen-bond acceptors (Lipinski definition) is 3. The van der Waals surface area contributed by atoms with Gasteiger partial charge in [-0.2, -0.15) is 0 Å². The molecule has 1 N–H and O–H groups in total. The maximum Gasteiger partial charge on any atom is 0.112 e. The number of halogens is 2. The highest BCUT2D eigenvalue weighted by molar-refractivity contribution is 7.11. The quantitative estimate of drug-likeness (QED) is 0.886. The summed E-state index contributed by atoms with van der Waals surface area (Å²) in [6.07, 6.45) is 0. The van der Waals surface area contributed by atoms with E-state index >= 15 is 0 Å². The molecule has 1 aromatic heterocycles. The van der Waals surface area contributed by atoms with Crippen LogP contribution in [0.4, 0.5) is 5.69 Å². The maximum absolute atomic E-state index is 6.08. The molecular formula is C12H12Cl2N2S. The largest absolute Gasteiger partial charge is 0.377 e. The van der Waals surface area contributed by atoms with E-state index in [0.717, 1.165) is 16.4 Å². The Labute approximate surface area is 115 Å². The van der Waals surface area contributed by atoms with Crippen molar-refractivity contribution < 1.29 is 0 Å². The predicted octanol–water partition coefficient (Wildman–Crippen LogP) is 4.68. The standard InChI is InChI=1S/C12H12Cl2N2S/c1-7-8(2)17-11(16-7)6-15-10-5-3-4-9(13)12(10)14/h3-5,15H,6H2,1-2H3. The number of aryl methyl sites for hydroxylation is 2. The van der Waals surface area contributed by atoms with Crippen molar-refractivity contribution in [2.75, 3.05) is 5.32 Å². The van der Waals surface area contributed by atoms with Crippen LogP contribution >= 0.6 is 34.5 Å². The first kappa shape index (κ1) is 12.7. The normalized spacial score (nSPS) is 10.6. The first-order valence-electron chi connectivity index (χ1n) is 5.18. The van der Waals surface area contributed by atoms with E-state index in [0.29, 0.717) is 16.6 Å². The predicted molar refractivity (Wildman–Crippen MR) is 75.4 cm³/mol. The molecule has 0 aliphatic rings. The fraction of sp³-hybridized carbons (Fsp3) is 0.250. The number of nitrogens with zero attached hydrogens (tertiary/aromatic N) is 1. The van der Waals surface area contributed by atoms with E-state index < -0.39 is 0 Å². The number of anilines is 1. The molecule has 2 aromatic rings. The molecule has 0 amide bonds. The summed E-state index contributed by atoms with van der Waals surface area (Å²) in [5.74, 6) is 0. The lowest BCUT2D eigenvalue weighted by Crippen LogP contribution is -1.99. The number of nitrogens with one attached hydrogen (secondary N) is 1. The van der Waals surface area contributed by atoms with Crippen molar-refractivity contribution in [1.82, 2.24) is 4.98 Å². The molecule has 1 heterocycles. The SMILES string of the molecule is Cc1nc(CNc2cccc(Cl)c2Cl)sc1C. The third kappa shape index (κ3) is 2.92. The molecular weight excluding hydrogens is 275 g/mol. The number of aromatic nitrogens is 1. The molecule has 0 saturated heterocycles. The first-order valence-corrected chi connectivity index (χ1v) is 6.76. The van der Waals surface area contributed by atoms with Gasteiger partial charge in [-0.15, -0.1) is 11.3 Å². The van der Waals surface area contributed by atoms with Gasteiger partial charge < -0.3 is 5.32 Å². The highest BCUT2D eigenvalue weighted by Gasteiger charge is 2.06. The van der Waals surface area contributed by atoms with Crippen LogP contribution < -0.4 is 5.32 Å². The van der Waals surface area contributed by atoms with Crippen molar-refractivity contribution in [2.24, 2.45) is 0 Å². The van der Waals surface area contributed by atoms with E-state index in [1.54, 1.807) is 17.4 Å². The van der Waals surface area contributed by atoms with Gasteiger partial charge in [-0.1, -0.05) is 29.3 Å². The van der Waals surface area contributed by atoms with E-state index in [2.05, 4.69) is 17.2 Å². The van der Waals surface area contributed by atoms with E-state index in [4.69, 9.17) is 23.2 Å².